The van der Waals surface area contributed by atoms with Crippen LogP contribution in [0.1, 0.15) is 55.3 Å². The molecular weight excluding hydrogens is 322 g/mol. The van der Waals surface area contributed by atoms with Gasteiger partial charge in [0.15, 0.2) is 0 Å². The Morgan fingerprint density at radius 3 is 2.35 bits per heavy atom. The van der Waals surface area contributed by atoms with Gasteiger partial charge in [0.05, 0.1) is 5.69 Å². The summed E-state index contributed by atoms with van der Waals surface area (Å²) < 4.78 is 2.08. The molecule has 0 saturated heterocycles. The van der Waals surface area contributed by atoms with Gasteiger partial charge in [0.2, 0.25) is 5.91 Å². The normalized spacial score (nSPS) is 11.2. The maximum Gasteiger partial charge on any atom is 0.222 e. The molecule has 4 heteroatoms. The third kappa shape index (κ3) is 5.20. The number of hydrogen-bond acceptors (Lipinski definition) is 2. The first kappa shape index (κ1) is 20.2. The van der Waals surface area contributed by atoms with Gasteiger partial charge in [0, 0.05) is 32.3 Å². The zero-order valence-corrected chi connectivity index (χ0v) is 17.2. The van der Waals surface area contributed by atoms with E-state index in [0.717, 1.165) is 25.1 Å². The number of carbonyl (C=O) groups is 1. The van der Waals surface area contributed by atoms with Crippen LogP contribution in [-0.2, 0) is 30.7 Å². The summed E-state index contributed by atoms with van der Waals surface area (Å²) in [4.78, 5) is 14.4. The quantitative estimate of drug-likeness (QED) is 0.708. The van der Waals surface area contributed by atoms with Gasteiger partial charge in [-0.15, -0.1) is 0 Å². The third-order valence-electron chi connectivity index (χ3n) is 4.94. The number of aromatic nitrogens is 2. The highest BCUT2D eigenvalue weighted by atomic mass is 16.2. The Labute approximate surface area is 158 Å². The highest BCUT2D eigenvalue weighted by molar-refractivity contribution is 5.76. The molecule has 142 valence electrons. The maximum absolute atomic E-state index is 12.5. The van der Waals surface area contributed by atoms with Crippen LogP contribution in [0.5, 0.6) is 0 Å². The van der Waals surface area contributed by atoms with E-state index in [-0.39, 0.29) is 5.91 Å². The predicted octanol–water partition coefficient (Wildman–Crippen LogP) is 4.31. The second kappa shape index (κ2) is 9.02. The third-order valence-corrected chi connectivity index (χ3v) is 4.94. The Bertz CT molecular complexity index is 729. The maximum atomic E-state index is 12.5. The van der Waals surface area contributed by atoms with E-state index in [1.54, 1.807) is 0 Å². The van der Waals surface area contributed by atoms with E-state index in [4.69, 9.17) is 0 Å². The van der Waals surface area contributed by atoms with Gasteiger partial charge >= 0.3 is 0 Å². The number of hydrogen-bond donors (Lipinski definition) is 0. The molecule has 0 aliphatic heterocycles. The first-order chi connectivity index (χ1) is 12.3. The number of carbonyl (C=O) groups excluding carboxylic acids is 1. The number of benzene rings is 1. The SMILES string of the molecule is CCc1ccc(CN(C)C(=O)CCc2c(C)nn(CC(C)C)c2C)cc1. The van der Waals surface area contributed by atoms with Crippen LogP contribution in [0, 0.1) is 19.8 Å². The lowest BCUT2D eigenvalue weighted by atomic mass is 10.1. The summed E-state index contributed by atoms with van der Waals surface area (Å²) in [7, 11) is 1.89. The summed E-state index contributed by atoms with van der Waals surface area (Å²) in [5, 5.41) is 4.65. The van der Waals surface area contributed by atoms with Gasteiger partial charge < -0.3 is 4.90 Å². The topological polar surface area (TPSA) is 38.1 Å². The molecule has 0 N–H and O–H groups in total. The standard InChI is InChI=1S/C22H33N3O/c1-7-19-8-10-20(11-9-19)15-24(6)22(26)13-12-21-17(4)23-25(18(21)5)14-16(2)3/h8-11,16H,7,12-15H2,1-6H3. The van der Waals surface area contributed by atoms with Crippen LogP contribution >= 0.6 is 0 Å². The average Bonchev–Trinajstić information content (AvgIpc) is 2.86. The first-order valence-electron chi connectivity index (χ1n) is 9.66. The van der Waals surface area contributed by atoms with Crippen LogP contribution in [0.25, 0.3) is 0 Å². The molecule has 0 aliphatic rings. The molecule has 26 heavy (non-hydrogen) atoms. The summed E-state index contributed by atoms with van der Waals surface area (Å²) in [6.45, 7) is 12.3. The fourth-order valence-electron chi connectivity index (χ4n) is 3.28. The van der Waals surface area contributed by atoms with Crippen molar-refractivity contribution in [3.8, 4) is 0 Å². The fraction of sp³-hybridized carbons (Fsp3) is 0.545. The van der Waals surface area contributed by atoms with Crippen LogP contribution in [-0.4, -0.2) is 27.6 Å². The summed E-state index contributed by atoms with van der Waals surface area (Å²) in [6.07, 6.45) is 2.32. The molecule has 1 amide bonds. The lowest BCUT2D eigenvalue weighted by Crippen LogP contribution is -2.26. The first-order valence-corrected chi connectivity index (χ1v) is 9.66. The van der Waals surface area contributed by atoms with E-state index < -0.39 is 0 Å². The molecule has 0 saturated carbocycles. The molecular formula is C22H33N3O. The van der Waals surface area contributed by atoms with Gasteiger partial charge in [-0.25, -0.2) is 0 Å². The molecule has 0 unspecified atom stereocenters. The molecule has 2 rings (SSSR count). The van der Waals surface area contributed by atoms with E-state index in [1.165, 1.54) is 22.4 Å². The summed E-state index contributed by atoms with van der Waals surface area (Å²) in [5.74, 6) is 0.743. The second-order valence-corrected chi connectivity index (χ2v) is 7.65. The van der Waals surface area contributed by atoms with Crippen molar-refractivity contribution >= 4 is 5.91 Å². The van der Waals surface area contributed by atoms with Gasteiger partial charge in [-0.3, -0.25) is 9.48 Å². The van der Waals surface area contributed by atoms with Gasteiger partial charge in [0.25, 0.3) is 0 Å². The average molecular weight is 356 g/mol. The molecule has 0 radical (unpaired) electrons. The van der Waals surface area contributed by atoms with E-state index in [9.17, 15) is 4.79 Å². The van der Waals surface area contributed by atoms with E-state index >= 15 is 0 Å². The summed E-state index contributed by atoms with van der Waals surface area (Å²) >= 11 is 0. The van der Waals surface area contributed by atoms with Crippen molar-refractivity contribution in [3.63, 3.8) is 0 Å². The molecule has 4 nitrogen and oxygen atoms in total. The van der Waals surface area contributed by atoms with Crippen molar-refractivity contribution in [1.82, 2.24) is 14.7 Å². The van der Waals surface area contributed by atoms with Crippen LogP contribution in [0.2, 0.25) is 0 Å². The van der Waals surface area contributed by atoms with E-state index in [1.807, 2.05) is 18.9 Å². The molecule has 0 fully saturated rings. The van der Waals surface area contributed by atoms with E-state index in [0.29, 0.717) is 18.9 Å². The molecule has 1 aromatic carbocycles. The largest absolute Gasteiger partial charge is 0.341 e. The lowest BCUT2D eigenvalue weighted by molar-refractivity contribution is -0.130. The van der Waals surface area contributed by atoms with Crippen molar-refractivity contribution in [2.45, 2.75) is 67.0 Å². The van der Waals surface area contributed by atoms with Crippen molar-refractivity contribution in [1.29, 1.82) is 0 Å². The minimum absolute atomic E-state index is 0.181. The van der Waals surface area contributed by atoms with Crippen molar-refractivity contribution < 1.29 is 4.79 Å². The number of amides is 1. The Kier molecular flexibility index (Phi) is 7.01. The summed E-state index contributed by atoms with van der Waals surface area (Å²) in [6, 6.07) is 8.52. The summed E-state index contributed by atoms with van der Waals surface area (Å²) in [5.41, 5.74) is 5.97. The number of rotatable bonds is 8. The Hall–Kier alpha value is -2.10. The van der Waals surface area contributed by atoms with Crippen LogP contribution in [0.15, 0.2) is 24.3 Å². The second-order valence-electron chi connectivity index (χ2n) is 7.65. The molecule has 1 aromatic heterocycles. The highest BCUT2D eigenvalue weighted by Crippen LogP contribution is 2.17. The molecule has 0 spiro atoms. The van der Waals surface area contributed by atoms with Gasteiger partial charge in [-0.1, -0.05) is 45.0 Å². The van der Waals surface area contributed by atoms with Crippen molar-refractivity contribution in [3.05, 3.63) is 52.3 Å². The fourth-order valence-corrected chi connectivity index (χ4v) is 3.28. The number of nitrogens with zero attached hydrogens (tertiary/aromatic N) is 3. The Morgan fingerprint density at radius 2 is 1.77 bits per heavy atom. The van der Waals surface area contributed by atoms with Crippen LogP contribution in [0.3, 0.4) is 0 Å². The lowest BCUT2D eigenvalue weighted by Gasteiger charge is -2.17. The monoisotopic (exact) mass is 355 g/mol. The molecule has 0 aliphatic carbocycles. The van der Waals surface area contributed by atoms with E-state index in [2.05, 4.69) is 61.7 Å². The molecule has 1 heterocycles. The highest BCUT2D eigenvalue weighted by Gasteiger charge is 2.15. The van der Waals surface area contributed by atoms with Gasteiger partial charge in [-0.2, -0.15) is 5.10 Å². The molecule has 0 bridgehead atoms. The molecule has 0 atom stereocenters. The zero-order chi connectivity index (χ0) is 19.3. The minimum atomic E-state index is 0.181. The van der Waals surface area contributed by atoms with Gasteiger partial charge in [0.1, 0.15) is 0 Å². The number of aryl methyl sites for hydroxylation is 2. The Balaban J connectivity index is 1.94. The smallest absolute Gasteiger partial charge is 0.222 e. The predicted molar refractivity (Wildman–Crippen MR) is 107 cm³/mol. The zero-order valence-electron chi connectivity index (χ0n) is 17.2. The van der Waals surface area contributed by atoms with Crippen molar-refractivity contribution in [2.24, 2.45) is 5.92 Å². The van der Waals surface area contributed by atoms with Crippen molar-refractivity contribution in [2.75, 3.05) is 7.05 Å². The van der Waals surface area contributed by atoms with Crippen LogP contribution in [0.4, 0.5) is 0 Å². The van der Waals surface area contributed by atoms with Gasteiger partial charge in [-0.05, 0) is 49.3 Å². The minimum Gasteiger partial charge on any atom is -0.341 e. The Morgan fingerprint density at radius 1 is 1.15 bits per heavy atom. The molecule has 2 aromatic rings. The van der Waals surface area contributed by atoms with Crippen LogP contribution < -0.4 is 0 Å².